The van der Waals surface area contributed by atoms with Crippen molar-refractivity contribution in [2.75, 3.05) is 4.90 Å². The van der Waals surface area contributed by atoms with Crippen LogP contribution in [0.15, 0.2) is 36.5 Å². The molecule has 2 aromatic rings. The van der Waals surface area contributed by atoms with Gasteiger partial charge in [-0.2, -0.15) is 0 Å². The summed E-state index contributed by atoms with van der Waals surface area (Å²) < 4.78 is 0. The van der Waals surface area contributed by atoms with Crippen molar-refractivity contribution in [1.29, 1.82) is 0 Å². The third-order valence-corrected chi connectivity index (χ3v) is 4.16. The molecule has 0 aliphatic carbocycles. The second-order valence-electron chi connectivity index (χ2n) is 4.85. The Labute approximate surface area is 127 Å². The maximum atomic E-state index is 12.7. The monoisotopic (exact) mass is 306 g/mol. The van der Waals surface area contributed by atoms with E-state index in [1.165, 1.54) is 11.8 Å². The number of hydrogen-bond donors (Lipinski definition) is 0. The van der Waals surface area contributed by atoms with Gasteiger partial charge in [0, 0.05) is 17.9 Å². The van der Waals surface area contributed by atoms with Gasteiger partial charge in [-0.3, -0.25) is 4.79 Å². The highest BCUT2D eigenvalue weighted by Gasteiger charge is 2.31. The van der Waals surface area contributed by atoms with Gasteiger partial charge in [0.15, 0.2) is 0 Å². The molecule has 1 unspecified atom stereocenters. The molecular formula is C15H12Cl2N2O. The summed E-state index contributed by atoms with van der Waals surface area (Å²) in [6, 6.07) is 9.61. The fraction of sp³-hybridized carbons (Fsp3) is 0.200. The van der Waals surface area contributed by atoms with Crippen molar-refractivity contribution in [3.63, 3.8) is 0 Å². The van der Waals surface area contributed by atoms with Gasteiger partial charge in [0.2, 0.25) is 0 Å². The number of carbonyl (C=O) groups is 1. The molecule has 102 valence electrons. The highest BCUT2D eigenvalue weighted by atomic mass is 35.5. The summed E-state index contributed by atoms with van der Waals surface area (Å²) in [7, 11) is 0. The first-order valence-electron chi connectivity index (χ1n) is 6.30. The minimum Gasteiger partial charge on any atom is -0.305 e. The Morgan fingerprint density at radius 3 is 2.85 bits per heavy atom. The van der Waals surface area contributed by atoms with Crippen molar-refractivity contribution in [2.24, 2.45) is 0 Å². The van der Waals surface area contributed by atoms with Gasteiger partial charge in [-0.05, 0) is 31.0 Å². The predicted molar refractivity (Wildman–Crippen MR) is 80.7 cm³/mol. The summed E-state index contributed by atoms with van der Waals surface area (Å²) in [6.45, 7) is 2.03. The third kappa shape index (κ3) is 2.17. The second-order valence-corrected chi connectivity index (χ2v) is 5.62. The number of halogens is 2. The molecule has 3 nitrogen and oxygen atoms in total. The summed E-state index contributed by atoms with van der Waals surface area (Å²) >= 11 is 11.7. The van der Waals surface area contributed by atoms with Gasteiger partial charge in [0.05, 0.1) is 10.6 Å². The maximum Gasteiger partial charge on any atom is 0.260 e. The fourth-order valence-electron chi connectivity index (χ4n) is 2.55. The van der Waals surface area contributed by atoms with Crippen LogP contribution in [0.2, 0.25) is 10.2 Å². The molecule has 20 heavy (non-hydrogen) atoms. The maximum absolute atomic E-state index is 12.7. The lowest BCUT2D eigenvalue weighted by Crippen LogP contribution is -2.35. The molecule has 1 atom stereocenters. The van der Waals surface area contributed by atoms with Gasteiger partial charge in [-0.25, -0.2) is 4.98 Å². The molecule has 1 aliphatic rings. The van der Waals surface area contributed by atoms with E-state index in [0.717, 1.165) is 12.1 Å². The molecule has 1 aromatic heterocycles. The molecular weight excluding hydrogens is 295 g/mol. The zero-order chi connectivity index (χ0) is 14.3. The molecule has 2 heterocycles. The molecule has 0 saturated heterocycles. The quantitative estimate of drug-likeness (QED) is 0.747. The van der Waals surface area contributed by atoms with Gasteiger partial charge in [-0.15, -0.1) is 0 Å². The third-order valence-electron chi connectivity index (χ3n) is 3.47. The average Bonchev–Trinajstić information content (AvgIpc) is 2.77. The second kappa shape index (κ2) is 5.08. The van der Waals surface area contributed by atoms with Crippen molar-refractivity contribution in [1.82, 2.24) is 4.98 Å². The number of anilines is 1. The number of amides is 1. The molecule has 0 spiro atoms. The molecule has 1 aromatic carbocycles. The number of fused-ring (bicyclic) bond motifs is 1. The number of pyridine rings is 1. The first kappa shape index (κ1) is 13.4. The van der Waals surface area contributed by atoms with E-state index in [1.54, 1.807) is 11.0 Å². The number of para-hydroxylation sites is 1. The van der Waals surface area contributed by atoms with Crippen LogP contribution in [0.5, 0.6) is 0 Å². The van der Waals surface area contributed by atoms with Crippen LogP contribution < -0.4 is 4.90 Å². The van der Waals surface area contributed by atoms with Crippen LogP contribution in [0.25, 0.3) is 0 Å². The first-order chi connectivity index (χ1) is 9.58. The van der Waals surface area contributed by atoms with Gasteiger partial charge in [-0.1, -0.05) is 41.4 Å². The number of aromatic nitrogens is 1. The molecule has 5 heteroatoms. The lowest BCUT2D eigenvalue weighted by atomic mass is 10.1. The topological polar surface area (TPSA) is 33.2 Å². The van der Waals surface area contributed by atoms with E-state index in [0.29, 0.717) is 5.56 Å². The number of rotatable bonds is 1. The van der Waals surface area contributed by atoms with E-state index in [4.69, 9.17) is 23.2 Å². The first-order valence-corrected chi connectivity index (χ1v) is 7.06. The Balaban J connectivity index is 2.00. The molecule has 3 rings (SSSR count). The number of nitrogens with zero attached hydrogens (tertiary/aromatic N) is 2. The smallest absolute Gasteiger partial charge is 0.260 e. The molecule has 0 radical (unpaired) electrons. The van der Waals surface area contributed by atoms with Crippen LogP contribution in [0.1, 0.15) is 22.8 Å². The molecule has 1 amide bonds. The Kier molecular flexibility index (Phi) is 3.40. The van der Waals surface area contributed by atoms with E-state index in [2.05, 4.69) is 4.98 Å². The Morgan fingerprint density at radius 2 is 2.10 bits per heavy atom. The zero-order valence-electron chi connectivity index (χ0n) is 10.8. The number of benzene rings is 1. The van der Waals surface area contributed by atoms with Crippen LogP contribution >= 0.6 is 23.2 Å². The van der Waals surface area contributed by atoms with E-state index >= 15 is 0 Å². The average molecular weight is 307 g/mol. The Hall–Kier alpha value is -1.58. The van der Waals surface area contributed by atoms with Crippen molar-refractivity contribution < 1.29 is 4.79 Å². The Bertz CT molecular complexity index is 687. The van der Waals surface area contributed by atoms with Crippen LogP contribution in [0, 0.1) is 0 Å². The van der Waals surface area contributed by atoms with Gasteiger partial charge in [0.1, 0.15) is 5.15 Å². The standard InChI is InChI=1S/C15H12Cl2N2O/c1-9-6-10-4-2-3-5-13(10)19(9)15(20)11-7-12(16)14(17)18-8-11/h2-5,7-9H,6H2,1H3. The van der Waals surface area contributed by atoms with Crippen molar-refractivity contribution in [3.05, 3.63) is 57.8 Å². The summed E-state index contributed by atoms with van der Waals surface area (Å²) in [5, 5.41) is 0.496. The fourth-order valence-corrected chi connectivity index (χ4v) is 2.82. The highest BCUT2D eigenvalue weighted by Crippen LogP contribution is 2.33. The van der Waals surface area contributed by atoms with Crippen LogP contribution in [-0.2, 0) is 6.42 Å². The van der Waals surface area contributed by atoms with Crippen LogP contribution in [-0.4, -0.2) is 16.9 Å². The molecule has 0 fully saturated rings. The van der Waals surface area contributed by atoms with Gasteiger partial charge in [0.25, 0.3) is 5.91 Å². The van der Waals surface area contributed by atoms with E-state index in [9.17, 15) is 4.79 Å². The van der Waals surface area contributed by atoms with Crippen LogP contribution in [0.4, 0.5) is 5.69 Å². The highest BCUT2D eigenvalue weighted by molar-refractivity contribution is 6.41. The molecule has 0 saturated carbocycles. The van der Waals surface area contributed by atoms with Gasteiger partial charge < -0.3 is 4.90 Å². The minimum absolute atomic E-state index is 0.103. The zero-order valence-corrected chi connectivity index (χ0v) is 12.3. The Morgan fingerprint density at radius 1 is 1.35 bits per heavy atom. The van der Waals surface area contributed by atoms with Crippen molar-refractivity contribution >= 4 is 34.8 Å². The SMILES string of the molecule is CC1Cc2ccccc2N1C(=O)c1cnc(Cl)c(Cl)c1. The van der Waals surface area contributed by atoms with E-state index in [1.807, 2.05) is 31.2 Å². The largest absolute Gasteiger partial charge is 0.305 e. The van der Waals surface area contributed by atoms with Gasteiger partial charge >= 0.3 is 0 Å². The summed E-state index contributed by atoms with van der Waals surface area (Å²) in [6.07, 6.45) is 2.32. The normalized spacial score (nSPS) is 17.1. The van der Waals surface area contributed by atoms with Crippen LogP contribution in [0.3, 0.4) is 0 Å². The molecule has 0 bridgehead atoms. The minimum atomic E-state index is -0.103. The lowest BCUT2D eigenvalue weighted by Gasteiger charge is -2.22. The summed E-state index contributed by atoms with van der Waals surface area (Å²) in [4.78, 5) is 18.4. The van der Waals surface area contributed by atoms with Crippen molar-refractivity contribution in [2.45, 2.75) is 19.4 Å². The molecule has 1 aliphatic heterocycles. The number of carbonyl (C=O) groups excluding carboxylic acids is 1. The summed E-state index contributed by atoms with van der Waals surface area (Å²) in [5.74, 6) is -0.103. The molecule has 0 N–H and O–H groups in total. The van der Waals surface area contributed by atoms with Crippen molar-refractivity contribution in [3.8, 4) is 0 Å². The lowest BCUT2D eigenvalue weighted by molar-refractivity contribution is 0.0981. The predicted octanol–water partition coefficient (Wildman–Crippen LogP) is 3.98. The summed E-state index contributed by atoms with van der Waals surface area (Å²) in [5.41, 5.74) is 2.58. The van der Waals surface area contributed by atoms with E-state index < -0.39 is 0 Å². The van der Waals surface area contributed by atoms with E-state index in [-0.39, 0.29) is 22.1 Å². The number of hydrogen-bond acceptors (Lipinski definition) is 2.